The first kappa shape index (κ1) is 6.57. The van der Waals surface area contributed by atoms with E-state index in [9.17, 15) is 4.79 Å². The van der Waals surface area contributed by atoms with Gasteiger partial charge in [-0.05, 0) is 0 Å². The molecule has 0 aliphatic carbocycles. The fourth-order valence-electron chi connectivity index (χ4n) is 0.826. The van der Waals surface area contributed by atoms with Gasteiger partial charge in [0.05, 0.1) is 0 Å². The van der Waals surface area contributed by atoms with Crippen LogP contribution in [0.2, 0.25) is 0 Å². The Morgan fingerprint density at radius 2 is 2.36 bits per heavy atom. The molecule has 2 rings (SSSR count). The second-order valence-electron chi connectivity index (χ2n) is 1.97. The molecule has 0 unspecified atom stereocenters. The second kappa shape index (κ2) is 2.18. The fourth-order valence-corrected chi connectivity index (χ4v) is 1.20. The molecule has 0 bridgehead atoms. The van der Waals surface area contributed by atoms with Crippen LogP contribution in [-0.4, -0.2) is 34.8 Å². The van der Waals surface area contributed by atoms with Crippen LogP contribution in [0.1, 0.15) is 0 Å². The van der Waals surface area contributed by atoms with Crippen molar-refractivity contribution in [3.05, 3.63) is 23.0 Å². The van der Waals surface area contributed by atoms with Crippen LogP contribution in [-0.2, 0) is 0 Å². The van der Waals surface area contributed by atoms with Gasteiger partial charge in [-0.25, -0.2) is 0 Å². The van der Waals surface area contributed by atoms with E-state index in [1.807, 2.05) is 0 Å². The average molecular weight is 214 g/mol. The van der Waals surface area contributed by atoms with Crippen LogP contribution >= 0.6 is 0 Å². The zero-order chi connectivity index (χ0) is 7.84. The van der Waals surface area contributed by atoms with Gasteiger partial charge in [0.15, 0.2) is 0 Å². The maximum absolute atomic E-state index is 11.0. The Balaban J connectivity index is 3.06. The van der Waals surface area contributed by atoms with Crippen LogP contribution in [0, 0.1) is 0 Å². The number of hydrogen-bond acceptors (Lipinski definition) is 3. The van der Waals surface area contributed by atoms with Crippen molar-refractivity contribution >= 4 is 27.4 Å². The van der Waals surface area contributed by atoms with Gasteiger partial charge < -0.3 is 0 Å². The third-order valence-electron chi connectivity index (χ3n) is 1.31. The minimum absolute atomic E-state index is 0.219. The zero-order valence-corrected chi connectivity index (χ0v) is 7.03. The Kier molecular flexibility index (Phi) is 1.30. The Bertz CT molecular complexity index is 445. The summed E-state index contributed by atoms with van der Waals surface area (Å²) in [5.41, 5.74) is 0.684. The molecule has 2 aromatic rings. The Hall–Kier alpha value is -1.13. The van der Waals surface area contributed by atoms with Crippen LogP contribution in [0.25, 0.3) is 11.2 Å². The predicted molar refractivity (Wildman–Crippen MR) is 39.3 cm³/mol. The van der Waals surface area contributed by atoms with E-state index in [4.69, 9.17) is 0 Å². The van der Waals surface area contributed by atoms with Gasteiger partial charge in [-0.2, -0.15) is 0 Å². The Morgan fingerprint density at radius 3 is 3.09 bits per heavy atom. The van der Waals surface area contributed by atoms with Crippen LogP contribution in [0.15, 0.2) is 17.4 Å². The third kappa shape index (κ3) is 0.875. The van der Waals surface area contributed by atoms with Gasteiger partial charge in [0.25, 0.3) is 0 Å². The topological polar surface area (TPSA) is 63.6 Å². The number of nitrogens with one attached hydrogen (secondary N) is 1. The standard InChI is InChI=1S/C5H3N4OSe/c10-5-3-4(6-1-7-5)9(11)2-8-3/h1-2H,(H,6,7,10). The van der Waals surface area contributed by atoms with Crippen molar-refractivity contribution in [3.8, 4) is 0 Å². The van der Waals surface area contributed by atoms with Crippen molar-refractivity contribution in [2.45, 2.75) is 0 Å². The number of imidazole rings is 1. The van der Waals surface area contributed by atoms with Crippen molar-refractivity contribution in [3.63, 3.8) is 0 Å². The summed E-state index contributed by atoms with van der Waals surface area (Å²) in [6, 6.07) is 0. The molecule has 0 amide bonds. The number of H-pyrrole nitrogens is 1. The summed E-state index contributed by atoms with van der Waals surface area (Å²) in [7, 11) is 0. The maximum atomic E-state index is 11.0. The van der Waals surface area contributed by atoms with Gasteiger partial charge in [-0.15, -0.1) is 0 Å². The molecule has 11 heavy (non-hydrogen) atoms. The van der Waals surface area contributed by atoms with E-state index in [1.165, 1.54) is 12.7 Å². The van der Waals surface area contributed by atoms with E-state index in [-0.39, 0.29) is 5.56 Å². The predicted octanol–water partition coefficient (Wildman–Crippen LogP) is -0.949. The van der Waals surface area contributed by atoms with Crippen molar-refractivity contribution in [1.82, 2.24) is 18.5 Å². The molecular formula is C5H3N4OSe. The molecule has 0 atom stereocenters. The molecule has 0 aliphatic heterocycles. The van der Waals surface area contributed by atoms with Gasteiger partial charge in [0.2, 0.25) is 0 Å². The number of rotatable bonds is 0. The number of aromatic amines is 1. The fraction of sp³-hybridized carbons (Fsp3) is 0. The van der Waals surface area contributed by atoms with E-state index in [0.29, 0.717) is 11.2 Å². The third-order valence-corrected chi connectivity index (χ3v) is 1.87. The monoisotopic (exact) mass is 215 g/mol. The summed E-state index contributed by atoms with van der Waals surface area (Å²) in [6.07, 6.45) is 2.85. The number of fused-ring (bicyclic) bond motifs is 1. The molecule has 1 radical (unpaired) electrons. The van der Waals surface area contributed by atoms with Crippen LogP contribution in [0.3, 0.4) is 0 Å². The Labute approximate surface area is 69.5 Å². The summed E-state index contributed by atoms with van der Waals surface area (Å²) < 4.78 is 1.57. The van der Waals surface area contributed by atoms with Gasteiger partial charge in [-0.1, -0.05) is 0 Å². The van der Waals surface area contributed by atoms with E-state index < -0.39 is 0 Å². The summed E-state index contributed by atoms with van der Waals surface area (Å²) >= 11 is 2.69. The molecule has 0 saturated heterocycles. The molecule has 0 fully saturated rings. The molecule has 2 aromatic heterocycles. The quantitative estimate of drug-likeness (QED) is 0.575. The molecule has 0 spiro atoms. The Morgan fingerprint density at radius 1 is 1.55 bits per heavy atom. The van der Waals surface area contributed by atoms with Gasteiger partial charge >= 0.3 is 68.9 Å². The first-order valence-corrected chi connectivity index (χ1v) is 3.64. The molecule has 6 heteroatoms. The van der Waals surface area contributed by atoms with E-state index in [2.05, 4.69) is 31.2 Å². The van der Waals surface area contributed by atoms with Crippen molar-refractivity contribution < 1.29 is 0 Å². The van der Waals surface area contributed by atoms with E-state index in [0.717, 1.165) is 0 Å². The molecule has 0 aliphatic rings. The van der Waals surface area contributed by atoms with Crippen LogP contribution in [0.4, 0.5) is 0 Å². The zero-order valence-electron chi connectivity index (χ0n) is 5.31. The molecule has 2 heterocycles. The molecule has 0 aromatic carbocycles. The van der Waals surface area contributed by atoms with Crippen molar-refractivity contribution in [1.29, 1.82) is 0 Å². The normalized spacial score (nSPS) is 10.5. The first-order chi connectivity index (χ1) is 5.29. The summed E-state index contributed by atoms with van der Waals surface area (Å²) in [6.45, 7) is 0. The van der Waals surface area contributed by atoms with Gasteiger partial charge in [0.1, 0.15) is 0 Å². The molecule has 55 valence electrons. The molecular weight excluding hydrogens is 211 g/mol. The molecule has 0 saturated carbocycles. The second-order valence-corrected chi connectivity index (χ2v) is 2.80. The van der Waals surface area contributed by atoms with E-state index in [1.54, 1.807) is 3.58 Å². The van der Waals surface area contributed by atoms with Gasteiger partial charge in [0, 0.05) is 0 Å². The SMILES string of the molecule is O=c1[nH]cnc2c1ncn2[Se]. The summed E-state index contributed by atoms with van der Waals surface area (Å²) in [5, 5.41) is 0. The van der Waals surface area contributed by atoms with Crippen molar-refractivity contribution in [2.75, 3.05) is 0 Å². The number of aromatic nitrogens is 4. The van der Waals surface area contributed by atoms with Crippen LogP contribution < -0.4 is 5.56 Å². The van der Waals surface area contributed by atoms with E-state index >= 15 is 0 Å². The van der Waals surface area contributed by atoms with Crippen LogP contribution in [0.5, 0.6) is 0 Å². The minimum atomic E-state index is -0.219. The van der Waals surface area contributed by atoms with Crippen molar-refractivity contribution in [2.24, 2.45) is 0 Å². The first-order valence-electron chi connectivity index (χ1n) is 2.87. The average Bonchev–Trinajstić information content (AvgIpc) is 2.35. The number of hydrogen-bond donors (Lipinski definition) is 1. The van der Waals surface area contributed by atoms with Gasteiger partial charge in [-0.3, -0.25) is 0 Å². The summed E-state index contributed by atoms with van der Waals surface area (Å²) in [4.78, 5) is 21.2. The number of nitrogens with zero attached hydrogens (tertiary/aromatic N) is 3. The summed E-state index contributed by atoms with van der Waals surface area (Å²) in [5.74, 6) is 0. The molecule has 1 N–H and O–H groups in total. The molecule has 5 nitrogen and oxygen atoms in total.